The highest BCUT2D eigenvalue weighted by atomic mass is 32.1. The van der Waals surface area contributed by atoms with Crippen LogP contribution in [0.1, 0.15) is 0 Å². The fraction of sp³-hybridized carbons (Fsp3) is 0.0833. The smallest absolute Gasteiger partial charge is 0.229 e. The third-order valence-corrected chi connectivity index (χ3v) is 2.90. The summed E-state index contributed by atoms with van der Waals surface area (Å²) < 4.78 is 6.11. The zero-order valence-corrected chi connectivity index (χ0v) is 8.71. The molecule has 0 N–H and O–H groups in total. The van der Waals surface area contributed by atoms with Crippen LogP contribution in [0.5, 0.6) is 5.75 Å². The molecule has 0 unspecified atom stereocenters. The average molecular weight is 216 g/mol. The Hall–Kier alpha value is -1.79. The van der Waals surface area contributed by atoms with Crippen molar-refractivity contribution in [2.24, 2.45) is 0 Å². The number of hydrogen-bond acceptors (Lipinski definition) is 3. The molecule has 1 aromatic heterocycles. The fourth-order valence-electron chi connectivity index (χ4n) is 1.28. The van der Waals surface area contributed by atoms with Crippen LogP contribution < -0.4 is 10.2 Å². The van der Waals surface area contributed by atoms with Crippen LogP contribution in [0, 0.1) is 12.3 Å². The molecule has 3 heteroatoms. The molecule has 0 fully saturated rings. The number of hydrogen-bond donors (Lipinski definition) is 0. The summed E-state index contributed by atoms with van der Waals surface area (Å²) in [4.78, 5) is 11.8. The van der Waals surface area contributed by atoms with Crippen LogP contribution in [-0.4, -0.2) is 6.61 Å². The lowest BCUT2D eigenvalue weighted by Gasteiger charge is -2.01. The van der Waals surface area contributed by atoms with Gasteiger partial charge in [0.1, 0.15) is 6.61 Å². The van der Waals surface area contributed by atoms with Crippen molar-refractivity contribution in [3.8, 4) is 18.1 Å². The molecule has 74 valence electrons. The lowest BCUT2D eigenvalue weighted by Crippen LogP contribution is -2.07. The van der Waals surface area contributed by atoms with Crippen molar-refractivity contribution in [2.75, 3.05) is 6.61 Å². The first-order valence-electron chi connectivity index (χ1n) is 4.40. The molecule has 0 aliphatic heterocycles. The van der Waals surface area contributed by atoms with Gasteiger partial charge in [-0.15, -0.1) is 17.8 Å². The van der Waals surface area contributed by atoms with Crippen molar-refractivity contribution >= 4 is 21.4 Å². The maximum atomic E-state index is 11.8. The van der Waals surface area contributed by atoms with Gasteiger partial charge in [-0.25, -0.2) is 0 Å². The van der Waals surface area contributed by atoms with Gasteiger partial charge in [0.25, 0.3) is 0 Å². The molecule has 15 heavy (non-hydrogen) atoms. The number of rotatable bonds is 2. The summed E-state index contributed by atoms with van der Waals surface area (Å²) in [5.41, 5.74) is -0.0976. The molecule has 0 bridgehead atoms. The van der Waals surface area contributed by atoms with Gasteiger partial charge in [-0.1, -0.05) is 18.1 Å². The van der Waals surface area contributed by atoms with Gasteiger partial charge in [-0.3, -0.25) is 4.79 Å². The lowest BCUT2D eigenvalue weighted by atomic mass is 10.2. The molecule has 0 saturated carbocycles. The molecule has 2 nitrogen and oxygen atoms in total. The van der Waals surface area contributed by atoms with Crippen LogP contribution >= 0.6 is 11.3 Å². The van der Waals surface area contributed by atoms with E-state index in [1.807, 2.05) is 18.2 Å². The first-order valence-corrected chi connectivity index (χ1v) is 5.27. The Morgan fingerprint density at radius 1 is 1.40 bits per heavy atom. The Morgan fingerprint density at radius 2 is 2.20 bits per heavy atom. The zero-order valence-electron chi connectivity index (χ0n) is 7.90. The molecule has 0 aliphatic rings. The summed E-state index contributed by atoms with van der Waals surface area (Å²) >= 11 is 1.47. The second kappa shape index (κ2) is 4.16. The van der Waals surface area contributed by atoms with E-state index in [0.717, 1.165) is 4.70 Å². The second-order valence-electron chi connectivity index (χ2n) is 2.92. The summed E-state index contributed by atoms with van der Waals surface area (Å²) in [7, 11) is 0. The van der Waals surface area contributed by atoms with Crippen molar-refractivity contribution in [3.63, 3.8) is 0 Å². The van der Waals surface area contributed by atoms with Crippen LogP contribution in [0.25, 0.3) is 10.1 Å². The largest absolute Gasteiger partial charge is 0.476 e. The monoisotopic (exact) mass is 216 g/mol. The van der Waals surface area contributed by atoms with E-state index >= 15 is 0 Å². The normalized spacial score (nSPS) is 9.80. The average Bonchev–Trinajstić information content (AvgIpc) is 2.29. The summed E-state index contributed by atoms with van der Waals surface area (Å²) in [6.07, 6.45) is 5.07. The molecule has 0 amide bonds. The first kappa shape index (κ1) is 9.75. The van der Waals surface area contributed by atoms with Gasteiger partial charge in [-0.05, 0) is 12.1 Å². The molecule has 0 spiro atoms. The molecule has 0 radical (unpaired) electrons. The molecule has 1 aromatic carbocycles. The number of benzene rings is 1. The van der Waals surface area contributed by atoms with E-state index in [9.17, 15) is 4.79 Å². The van der Waals surface area contributed by atoms with Crippen LogP contribution in [0.4, 0.5) is 0 Å². The summed E-state index contributed by atoms with van der Waals surface area (Å²) in [6.45, 7) is 0.125. The van der Waals surface area contributed by atoms with Crippen LogP contribution in [-0.2, 0) is 0 Å². The molecular weight excluding hydrogens is 208 g/mol. The van der Waals surface area contributed by atoms with E-state index < -0.39 is 0 Å². The number of fused-ring (bicyclic) bond motifs is 1. The Morgan fingerprint density at radius 3 is 3.00 bits per heavy atom. The second-order valence-corrected chi connectivity index (χ2v) is 3.83. The summed E-state index contributed by atoms with van der Waals surface area (Å²) in [6, 6.07) is 7.44. The Balaban J connectivity index is 2.57. The Kier molecular flexibility index (Phi) is 2.70. The summed E-state index contributed by atoms with van der Waals surface area (Å²) in [5, 5.41) is 2.37. The minimum absolute atomic E-state index is 0.0976. The molecule has 0 aliphatic carbocycles. The molecule has 0 atom stereocenters. The minimum Gasteiger partial charge on any atom is -0.476 e. The molecule has 2 aromatic rings. The topological polar surface area (TPSA) is 26.3 Å². The van der Waals surface area contributed by atoms with E-state index in [1.165, 1.54) is 11.3 Å². The van der Waals surface area contributed by atoms with E-state index in [4.69, 9.17) is 11.2 Å². The maximum absolute atomic E-state index is 11.8. The van der Waals surface area contributed by atoms with Gasteiger partial charge < -0.3 is 4.74 Å². The van der Waals surface area contributed by atoms with Crippen molar-refractivity contribution in [3.05, 3.63) is 39.9 Å². The van der Waals surface area contributed by atoms with Gasteiger partial charge in [0.05, 0.1) is 0 Å². The van der Waals surface area contributed by atoms with Gasteiger partial charge in [0.2, 0.25) is 5.43 Å². The SMILES string of the molecule is C#CCOc1csc2ccccc2c1=O. The third kappa shape index (κ3) is 1.85. The van der Waals surface area contributed by atoms with Gasteiger partial charge in [0, 0.05) is 15.5 Å². The summed E-state index contributed by atoms with van der Waals surface area (Å²) in [5.74, 6) is 2.67. The maximum Gasteiger partial charge on any atom is 0.229 e. The van der Waals surface area contributed by atoms with Crippen molar-refractivity contribution < 1.29 is 4.74 Å². The molecule has 0 saturated heterocycles. The van der Waals surface area contributed by atoms with Gasteiger partial charge >= 0.3 is 0 Å². The molecule has 1 heterocycles. The predicted molar refractivity (Wildman–Crippen MR) is 62.4 cm³/mol. The van der Waals surface area contributed by atoms with Gasteiger partial charge in [-0.2, -0.15) is 0 Å². The lowest BCUT2D eigenvalue weighted by molar-refractivity contribution is 0.369. The quantitative estimate of drug-likeness (QED) is 0.720. The van der Waals surface area contributed by atoms with Crippen molar-refractivity contribution in [2.45, 2.75) is 0 Å². The molecule has 2 rings (SSSR count). The van der Waals surface area contributed by atoms with E-state index in [0.29, 0.717) is 11.1 Å². The van der Waals surface area contributed by atoms with Crippen molar-refractivity contribution in [1.29, 1.82) is 0 Å². The van der Waals surface area contributed by atoms with Crippen molar-refractivity contribution in [1.82, 2.24) is 0 Å². The first-order chi connectivity index (χ1) is 7.33. The number of terminal acetylenes is 1. The highest BCUT2D eigenvalue weighted by molar-refractivity contribution is 7.16. The van der Waals surface area contributed by atoms with Crippen LogP contribution in [0.2, 0.25) is 0 Å². The van der Waals surface area contributed by atoms with E-state index in [-0.39, 0.29) is 12.0 Å². The van der Waals surface area contributed by atoms with E-state index in [1.54, 1.807) is 11.4 Å². The van der Waals surface area contributed by atoms with Crippen LogP contribution in [0.15, 0.2) is 34.4 Å². The van der Waals surface area contributed by atoms with Gasteiger partial charge in [0.15, 0.2) is 5.75 Å². The minimum atomic E-state index is -0.0976. The zero-order chi connectivity index (χ0) is 10.7. The predicted octanol–water partition coefficient (Wildman–Crippen LogP) is 2.27. The van der Waals surface area contributed by atoms with Crippen LogP contribution in [0.3, 0.4) is 0 Å². The Labute approximate surface area is 91.1 Å². The fourth-order valence-corrected chi connectivity index (χ4v) is 2.13. The van der Waals surface area contributed by atoms with E-state index in [2.05, 4.69) is 5.92 Å². The Bertz CT molecular complexity index is 578. The standard InChI is InChI=1S/C12H8O2S/c1-2-7-14-10-8-15-11-6-4-3-5-9(11)12(10)13/h1,3-6,8H,7H2. The highest BCUT2D eigenvalue weighted by Gasteiger charge is 2.04. The third-order valence-electron chi connectivity index (χ3n) is 1.96. The highest BCUT2D eigenvalue weighted by Crippen LogP contribution is 2.19. The molecular formula is C12H8O2S. The number of ether oxygens (including phenoxy) is 1.